The van der Waals surface area contributed by atoms with E-state index in [0.717, 1.165) is 42.5 Å². The van der Waals surface area contributed by atoms with E-state index in [9.17, 15) is 0 Å². The van der Waals surface area contributed by atoms with Crippen molar-refractivity contribution in [2.45, 2.75) is 6.42 Å². The van der Waals surface area contributed by atoms with E-state index in [2.05, 4.69) is 33.3 Å². The molecule has 1 aliphatic rings. The lowest BCUT2D eigenvalue weighted by molar-refractivity contribution is 0.574. The fourth-order valence-corrected chi connectivity index (χ4v) is 2.46. The third-order valence-corrected chi connectivity index (χ3v) is 3.43. The number of para-hydroxylation sites is 2. The highest BCUT2D eigenvalue weighted by atomic mass is 15.2. The number of H-pyrrole nitrogens is 1. The van der Waals surface area contributed by atoms with Crippen molar-refractivity contribution in [2.24, 2.45) is 5.92 Å². The molecule has 1 aromatic carbocycles. The van der Waals surface area contributed by atoms with Crippen LogP contribution in [-0.2, 0) is 0 Å². The van der Waals surface area contributed by atoms with Crippen LogP contribution >= 0.6 is 0 Å². The number of hydrogen-bond acceptors (Lipinski definition) is 3. The second kappa shape index (κ2) is 4.37. The van der Waals surface area contributed by atoms with Crippen molar-refractivity contribution < 1.29 is 0 Å². The van der Waals surface area contributed by atoms with Gasteiger partial charge in [0.1, 0.15) is 0 Å². The van der Waals surface area contributed by atoms with Crippen LogP contribution in [0.25, 0.3) is 11.0 Å². The molecule has 4 heteroatoms. The van der Waals surface area contributed by atoms with E-state index in [1.165, 1.54) is 6.42 Å². The van der Waals surface area contributed by atoms with Gasteiger partial charge >= 0.3 is 0 Å². The van der Waals surface area contributed by atoms with Crippen molar-refractivity contribution in [1.29, 1.82) is 0 Å². The van der Waals surface area contributed by atoms with Gasteiger partial charge in [-0.2, -0.15) is 0 Å². The topological polar surface area (TPSA) is 44.0 Å². The third kappa shape index (κ3) is 2.13. The van der Waals surface area contributed by atoms with Crippen molar-refractivity contribution in [2.75, 3.05) is 31.6 Å². The molecular weight excluding hydrogens is 212 g/mol. The van der Waals surface area contributed by atoms with Crippen LogP contribution in [0.2, 0.25) is 0 Å². The van der Waals surface area contributed by atoms with Gasteiger partial charge < -0.3 is 15.2 Å². The molecule has 4 nitrogen and oxygen atoms in total. The average molecular weight is 230 g/mol. The number of anilines is 1. The smallest absolute Gasteiger partial charge is 0.203 e. The van der Waals surface area contributed by atoms with E-state index in [-0.39, 0.29) is 0 Å². The Morgan fingerprint density at radius 3 is 3.06 bits per heavy atom. The lowest BCUT2D eigenvalue weighted by atomic mass is 10.1. The van der Waals surface area contributed by atoms with Crippen molar-refractivity contribution in [3.63, 3.8) is 0 Å². The number of hydrogen-bond donors (Lipinski definition) is 2. The zero-order chi connectivity index (χ0) is 11.7. The first-order chi connectivity index (χ1) is 8.33. The minimum absolute atomic E-state index is 0.744. The molecule has 17 heavy (non-hydrogen) atoms. The molecule has 2 heterocycles. The Kier molecular flexibility index (Phi) is 2.73. The van der Waals surface area contributed by atoms with Crippen molar-refractivity contribution in [3.8, 4) is 0 Å². The van der Waals surface area contributed by atoms with E-state index in [1.54, 1.807) is 0 Å². The van der Waals surface area contributed by atoms with Crippen LogP contribution in [0.15, 0.2) is 24.3 Å². The second-order valence-corrected chi connectivity index (χ2v) is 4.82. The summed E-state index contributed by atoms with van der Waals surface area (Å²) in [7, 11) is 2.11. The zero-order valence-corrected chi connectivity index (χ0v) is 10.1. The van der Waals surface area contributed by atoms with Crippen LogP contribution in [0.4, 0.5) is 5.95 Å². The Balaban J connectivity index is 1.77. The number of nitrogens with one attached hydrogen (secondary N) is 2. The van der Waals surface area contributed by atoms with E-state index >= 15 is 0 Å². The predicted octanol–water partition coefficient (Wildman–Crippen LogP) is 1.61. The molecule has 0 saturated carbocycles. The van der Waals surface area contributed by atoms with E-state index < -0.39 is 0 Å². The van der Waals surface area contributed by atoms with Crippen molar-refractivity contribution in [3.05, 3.63) is 24.3 Å². The predicted molar refractivity (Wildman–Crippen MR) is 70.3 cm³/mol. The molecule has 0 bridgehead atoms. The highest BCUT2D eigenvalue weighted by Crippen LogP contribution is 2.18. The molecule has 0 amide bonds. The summed E-state index contributed by atoms with van der Waals surface area (Å²) < 4.78 is 0. The Bertz CT molecular complexity index is 466. The highest BCUT2D eigenvalue weighted by Gasteiger charge is 2.17. The summed E-state index contributed by atoms with van der Waals surface area (Å²) >= 11 is 0. The van der Waals surface area contributed by atoms with Gasteiger partial charge in [0.2, 0.25) is 5.95 Å². The molecule has 90 valence electrons. The van der Waals surface area contributed by atoms with Crippen LogP contribution in [0.1, 0.15) is 6.42 Å². The standard InChI is InChI=1S/C13H18N4/c1-17(9-10-6-7-14-8-10)13-15-11-4-2-3-5-12(11)16-13/h2-5,10,14H,6-9H2,1H3,(H,15,16). The molecule has 1 fully saturated rings. The molecule has 3 rings (SSSR count). The maximum absolute atomic E-state index is 4.60. The van der Waals surface area contributed by atoms with Gasteiger partial charge in [0.15, 0.2) is 0 Å². The molecule has 1 aromatic heterocycles. The Morgan fingerprint density at radius 1 is 1.41 bits per heavy atom. The maximum atomic E-state index is 4.60. The number of nitrogens with zero attached hydrogens (tertiary/aromatic N) is 2. The van der Waals surface area contributed by atoms with Crippen LogP contribution in [-0.4, -0.2) is 36.6 Å². The second-order valence-electron chi connectivity index (χ2n) is 4.82. The molecule has 0 aliphatic carbocycles. The number of imidazole rings is 1. The summed E-state index contributed by atoms with van der Waals surface area (Å²) in [6.07, 6.45) is 1.27. The van der Waals surface area contributed by atoms with Crippen molar-refractivity contribution in [1.82, 2.24) is 15.3 Å². The molecule has 2 N–H and O–H groups in total. The van der Waals surface area contributed by atoms with Crippen LogP contribution in [0, 0.1) is 5.92 Å². The summed E-state index contributed by atoms with van der Waals surface area (Å²) in [4.78, 5) is 10.2. The lowest BCUT2D eigenvalue weighted by Gasteiger charge is -2.19. The first-order valence-corrected chi connectivity index (χ1v) is 6.19. The normalized spacial score (nSPS) is 19.9. The number of aromatic nitrogens is 2. The average Bonchev–Trinajstić information content (AvgIpc) is 2.96. The van der Waals surface area contributed by atoms with Crippen molar-refractivity contribution >= 4 is 17.0 Å². The van der Waals surface area contributed by atoms with Crippen LogP contribution in [0.5, 0.6) is 0 Å². The fourth-order valence-electron chi connectivity index (χ4n) is 2.46. The van der Waals surface area contributed by atoms with Gasteiger partial charge in [-0.3, -0.25) is 0 Å². The van der Waals surface area contributed by atoms with Gasteiger partial charge in [0.25, 0.3) is 0 Å². The number of rotatable bonds is 3. The van der Waals surface area contributed by atoms with Gasteiger partial charge in [-0.15, -0.1) is 0 Å². The van der Waals surface area contributed by atoms with E-state index in [0.29, 0.717) is 0 Å². The first-order valence-electron chi connectivity index (χ1n) is 6.19. The molecule has 0 spiro atoms. The minimum Gasteiger partial charge on any atom is -0.345 e. The molecule has 2 aromatic rings. The SMILES string of the molecule is CN(CC1CCNC1)c1nc2ccccc2[nH]1. The Morgan fingerprint density at radius 2 is 2.29 bits per heavy atom. The van der Waals surface area contributed by atoms with E-state index in [1.807, 2.05) is 18.2 Å². The summed E-state index contributed by atoms with van der Waals surface area (Å²) in [5.41, 5.74) is 2.15. The maximum Gasteiger partial charge on any atom is 0.203 e. The Labute approximate surface area is 101 Å². The van der Waals surface area contributed by atoms with E-state index in [4.69, 9.17) is 0 Å². The van der Waals surface area contributed by atoms with Gasteiger partial charge in [-0.25, -0.2) is 4.98 Å². The number of benzene rings is 1. The summed E-state index contributed by atoms with van der Waals surface area (Å²) in [6.45, 7) is 3.34. The summed E-state index contributed by atoms with van der Waals surface area (Å²) in [5, 5.41) is 3.40. The molecule has 1 atom stereocenters. The quantitative estimate of drug-likeness (QED) is 0.842. The minimum atomic E-state index is 0.744. The van der Waals surface area contributed by atoms with Gasteiger partial charge in [0, 0.05) is 13.6 Å². The summed E-state index contributed by atoms with van der Waals surface area (Å²) in [6, 6.07) is 8.16. The number of aromatic amines is 1. The largest absolute Gasteiger partial charge is 0.345 e. The Hall–Kier alpha value is -1.55. The molecule has 0 radical (unpaired) electrons. The molecule has 1 saturated heterocycles. The van der Waals surface area contributed by atoms with Gasteiger partial charge in [0.05, 0.1) is 11.0 Å². The monoisotopic (exact) mass is 230 g/mol. The fraction of sp³-hybridized carbons (Fsp3) is 0.462. The third-order valence-electron chi connectivity index (χ3n) is 3.43. The van der Waals surface area contributed by atoms with Gasteiger partial charge in [-0.1, -0.05) is 12.1 Å². The molecular formula is C13H18N4. The molecule has 1 aliphatic heterocycles. The van der Waals surface area contributed by atoms with Gasteiger partial charge in [-0.05, 0) is 37.6 Å². The zero-order valence-electron chi connectivity index (χ0n) is 10.1. The van der Waals surface area contributed by atoms with Crippen LogP contribution in [0.3, 0.4) is 0 Å². The van der Waals surface area contributed by atoms with Crippen LogP contribution < -0.4 is 10.2 Å². The highest BCUT2D eigenvalue weighted by molar-refractivity contribution is 5.77. The molecule has 1 unspecified atom stereocenters. The first kappa shape index (κ1) is 10.6. The summed E-state index contributed by atoms with van der Waals surface area (Å²) in [5.74, 6) is 1.71. The lowest BCUT2D eigenvalue weighted by Crippen LogP contribution is -2.27. The number of fused-ring (bicyclic) bond motifs is 1.